The molecule has 0 bridgehead atoms. The van der Waals surface area contributed by atoms with Gasteiger partial charge in [0.1, 0.15) is 0 Å². The van der Waals surface area contributed by atoms with Gasteiger partial charge in [0.15, 0.2) is 4.77 Å². The third kappa shape index (κ3) is 4.40. The van der Waals surface area contributed by atoms with Gasteiger partial charge >= 0.3 is 6.18 Å². The first-order valence-corrected chi connectivity index (χ1v) is 10.5. The van der Waals surface area contributed by atoms with Crippen LogP contribution in [0.15, 0.2) is 47.3 Å². The van der Waals surface area contributed by atoms with Crippen LogP contribution < -0.4 is 11.3 Å². The zero-order valence-corrected chi connectivity index (χ0v) is 18.0. The van der Waals surface area contributed by atoms with Crippen molar-refractivity contribution in [3.8, 4) is 5.69 Å². The second-order valence-electron chi connectivity index (χ2n) is 7.85. The molecule has 172 valence electrons. The summed E-state index contributed by atoms with van der Waals surface area (Å²) < 4.78 is 40.2. The van der Waals surface area contributed by atoms with Crippen LogP contribution in [0.3, 0.4) is 0 Å². The number of nitrogens with one attached hydrogen (secondary N) is 1. The Hall–Kier alpha value is -3.47. The van der Waals surface area contributed by atoms with E-state index in [4.69, 9.17) is 18.0 Å². The van der Waals surface area contributed by atoms with Gasteiger partial charge in [-0.3, -0.25) is 19.0 Å². The highest BCUT2D eigenvalue weighted by Gasteiger charge is 2.31. The molecule has 4 rings (SSSR count). The van der Waals surface area contributed by atoms with E-state index in [1.165, 1.54) is 30.3 Å². The first kappa shape index (κ1) is 22.7. The van der Waals surface area contributed by atoms with Crippen LogP contribution in [0.4, 0.5) is 13.2 Å². The summed E-state index contributed by atoms with van der Waals surface area (Å²) in [6.45, 7) is 0.773. The quantitative estimate of drug-likeness (QED) is 0.566. The highest BCUT2D eigenvalue weighted by Crippen LogP contribution is 2.30. The van der Waals surface area contributed by atoms with E-state index in [1.54, 1.807) is 4.90 Å². The number of benzene rings is 2. The summed E-state index contributed by atoms with van der Waals surface area (Å²) in [6, 6.07) is 8.74. The Morgan fingerprint density at radius 1 is 1.09 bits per heavy atom. The number of aromatic nitrogens is 2. The molecule has 1 aliphatic heterocycles. The molecule has 0 radical (unpaired) electrons. The smallest absolute Gasteiger partial charge is 0.369 e. The lowest BCUT2D eigenvalue weighted by atomic mass is 9.96. The summed E-state index contributed by atoms with van der Waals surface area (Å²) in [7, 11) is 0. The van der Waals surface area contributed by atoms with Crippen molar-refractivity contribution in [1.29, 1.82) is 0 Å². The minimum atomic E-state index is -4.57. The van der Waals surface area contributed by atoms with Crippen LogP contribution in [0.1, 0.15) is 28.8 Å². The number of nitrogens with zero attached hydrogens (tertiary/aromatic N) is 2. The van der Waals surface area contributed by atoms with Crippen molar-refractivity contribution in [3.63, 3.8) is 0 Å². The summed E-state index contributed by atoms with van der Waals surface area (Å²) in [5, 5.41) is 0.171. The predicted molar refractivity (Wildman–Crippen MR) is 118 cm³/mol. The molecule has 2 aromatic carbocycles. The Balaban J connectivity index is 1.69. The molecular formula is C22H19F3N4O3S. The highest BCUT2D eigenvalue weighted by atomic mass is 32.1. The maximum Gasteiger partial charge on any atom is 0.416 e. The van der Waals surface area contributed by atoms with Gasteiger partial charge in [-0.1, -0.05) is 6.07 Å². The number of amides is 2. The summed E-state index contributed by atoms with van der Waals surface area (Å²) in [6.07, 6.45) is -3.60. The number of rotatable bonds is 3. The fraction of sp³-hybridized carbons (Fsp3) is 0.273. The van der Waals surface area contributed by atoms with Crippen molar-refractivity contribution < 1.29 is 22.8 Å². The minimum absolute atomic E-state index is 0.0181. The van der Waals surface area contributed by atoms with Crippen molar-refractivity contribution in [1.82, 2.24) is 14.5 Å². The standard InChI is InChI=1S/C22H19F3N4O3S/c23-22(24,25)14-2-1-3-15(11-14)29-20(32)16-5-4-13(10-17(16)27-21(29)33)19(31)28-8-6-12(7-9-28)18(26)30/h1-5,10-12H,6-9H2,(H2,26,30)(H,27,33). The number of carbonyl (C=O) groups excluding carboxylic acids is 2. The fourth-order valence-corrected chi connectivity index (χ4v) is 4.25. The monoisotopic (exact) mass is 476 g/mol. The second kappa shape index (κ2) is 8.47. The average Bonchev–Trinajstić information content (AvgIpc) is 2.78. The molecule has 0 aliphatic carbocycles. The molecule has 2 heterocycles. The Morgan fingerprint density at radius 3 is 2.42 bits per heavy atom. The fourth-order valence-electron chi connectivity index (χ4n) is 3.96. The number of fused-ring (bicyclic) bond motifs is 1. The molecule has 2 amide bonds. The maximum absolute atomic E-state index is 13.1. The molecular weight excluding hydrogens is 457 g/mol. The summed E-state index contributed by atoms with van der Waals surface area (Å²) in [4.78, 5) is 41.7. The molecule has 11 heteroatoms. The van der Waals surface area contributed by atoms with Crippen LogP contribution in [0.2, 0.25) is 0 Å². The van der Waals surface area contributed by atoms with Gasteiger partial charge in [-0.15, -0.1) is 0 Å². The number of H-pyrrole nitrogens is 1. The van der Waals surface area contributed by atoms with E-state index in [-0.39, 0.29) is 33.6 Å². The number of primary amides is 1. The van der Waals surface area contributed by atoms with Gasteiger partial charge in [0.05, 0.1) is 22.2 Å². The van der Waals surface area contributed by atoms with Crippen LogP contribution in [0.5, 0.6) is 0 Å². The zero-order valence-electron chi connectivity index (χ0n) is 17.2. The number of aromatic amines is 1. The van der Waals surface area contributed by atoms with Crippen molar-refractivity contribution >= 4 is 34.9 Å². The van der Waals surface area contributed by atoms with Crippen LogP contribution in [-0.2, 0) is 11.0 Å². The first-order chi connectivity index (χ1) is 15.6. The third-order valence-corrected chi connectivity index (χ3v) is 6.05. The molecule has 0 unspecified atom stereocenters. The van der Waals surface area contributed by atoms with Gasteiger partial charge in [-0.2, -0.15) is 13.2 Å². The lowest BCUT2D eigenvalue weighted by Crippen LogP contribution is -2.41. The number of hydrogen-bond donors (Lipinski definition) is 2. The van der Waals surface area contributed by atoms with E-state index in [0.29, 0.717) is 37.0 Å². The van der Waals surface area contributed by atoms with Crippen molar-refractivity contribution in [2.24, 2.45) is 11.7 Å². The number of carbonyl (C=O) groups is 2. The summed E-state index contributed by atoms with van der Waals surface area (Å²) in [5.41, 5.74) is 4.43. The van der Waals surface area contributed by atoms with E-state index in [9.17, 15) is 27.6 Å². The minimum Gasteiger partial charge on any atom is -0.369 e. The third-order valence-electron chi connectivity index (χ3n) is 5.76. The lowest BCUT2D eigenvalue weighted by molar-refractivity contribution is -0.137. The first-order valence-electron chi connectivity index (χ1n) is 10.1. The molecule has 33 heavy (non-hydrogen) atoms. The molecule has 1 fully saturated rings. The van der Waals surface area contributed by atoms with Crippen LogP contribution >= 0.6 is 12.2 Å². The van der Waals surface area contributed by atoms with E-state index in [2.05, 4.69) is 4.98 Å². The van der Waals surface area contributed by atoms with Gasteiger partial charge in [0.25, 0.3) is 11.5 Å². The average molecular weight is 476 g/mol. The number of nitrogens with two attached hydrogens (primary N) is 1. The van der Waals surface area contributed by atoms with Gasteiger partial charge in [0.2, 0.25) is 5.91 Å². The van der Waals surface area contributed by atoms with Crippen LogP contribution in [-0.4, -0.2) is 39.4 Å². The number of halogens is 3. The molecule has 3 N–H and O–H groups in total. The van der Waals surface area contributed by atoms with Gasteiger partial charge in [0, 0.05) is 24.6 Å². The van der Waals surface area contributed by atoms with Gasteiger partial charge in [-0.05, 0) is 61.5 Å². The normalized spacial score (nSPS) is 15.1. The number of hydrogen-bond acceptors (Lipinski definition) is 4. The molecule has 1 saturated heterocycles. The second-order valence-corrected chi connectivity index (χ2v) is 8.23. The van der Waals surface area contributed by atoms with E-state index in [0.717, 1.165) is 16.7 Å². The van der Waals surface area contributed by atoms with Crippen molar-refractivity contribution in [2.45, 2.75) is 19.0 Å². The Labute approximate surface area is 190 Å². The van der Waals surface area contributed by atoms with E-state index < -0.39 is 17.3 Å². The number of likely N-dealkylation sites (tertiary alicyclic amines) is 1. The molecule has 0 saturated carbocycles. The Bertz CT molecular complexity index is 1370. The molecule has 0 spiro atoms. The predicted octanol–water partition coefficient (Wildman–Crippen LogP) is 3.40. The van der Waals surface area contributed by atoms with Crippen LogP contribution in [0, 0.1) is 10.7 Å². The van der Waals surface area contributed by atoms with Gasteiger partial charge < -0.3 is 15.6 Å². The van der Waals surface area contributed by atoms with E-state index >= 15 is 0 Å². The Kier molecular flexibility index (Phi) is 5.83. The lowest BCUT2D eigenvalue weighted by Gasteiger charge is -2.30. The topological polar surface area (TPSA) is 101 Å². The largest absolute Gasteiger partial charge is 0.416 e. The molecule has 1 aliphatic rings. The SMILES string of the molecule is NC(=O)C1CCN(C(=O)c2ccc3c(=O)n(-c4cccc(C(F)(F)F)c4)c(=S)[nH]c3c2)CC1. The summed E-state index contributed by atoms with van der Waals surface area (Å²) >= 11 is 5.24. The molecule has 3 aromatic rings. The van der Waals surface area contributed by atoms with Gasteiger partial charge in [-0.25, -0.2) is 0 Å². The Morgan fingerprint density at radius 2 is 1.79 bits per heavy atom. The van der Waals surface area contributed by atoms with Crippen molar-refractivity contribution in [3.05, 3.63) is 68.7 Å². The van der Waals surface area contributed by atoms with E-state index in [1.807, 2.05) is 0 Å². The number of piperidine rings is 1. The molecule has 7 nitrogen and oxygen atoms in total. The molecule has 1 aromatic heterocycles. The number of alkyl halides is 3. The highest BCUT2D eigenvalue weighted by molar-refractivity contribution is 7.71. The molecule has 0 atom stereocenters. The van der Waals surface area contributed by atoms with Crippen LogP contribution in [0.25, 0.3) is 16.6 Å². The summed E-state index contributed by atoms with van der Waals surface area (Å²) in [5.74, 6) is -0.894. The van der Waals surface area contributed by atoms with Crippen molar-refractivity contribution in [2.75, 3.05) is 13.1 Å². The maximum atomic E-state index is 13.1. The zero-order chi connectivity index (χ0) is 23.9.